The maximum absolute atomic E-state index is 11.6. The molecule has 0 aromatic carbocycles. The van der Waals surface area contributed by atoms with Crippen molar-refractivity contribution in [1.29, 1.82) is 0 Å². The van der Waals surface area contributed by atoms with Crippen LogP contribution >= 0.6 is 0 Å². The summed E-state index contributed by atoms with van der Waals surface area (Å²) in [6, 6.07) is 0. The number of carbonyl (C=O) groups excluding carboxylic acids is 1. The van der Waals surface area contributed by atoms with Crippen LogP contribution in [-0.2, 0) is 19.4 Å². The molecule has 0 N–H and O–H groups in total. The van der Waals surface area contributed by atoms with Crippen molar-refractivity contribution in [1.82, 2.24) is 0 Å². The first kappa shape index (κ1) is 11.5. The number of sulfone groups is 1. The molecule has 14 heavy (non-hydrogen) atoms. The molecular weight excluding hydrogens is 204 g/mol. The van der Waals surface area contributed by atoms with E-state index in [2.05, 4.69) is 0 Å². The number of esters is 1. The first-order valence-corrected chi connectivity index (χ1v) is 6.45. The summed E-state index contributed by atoms with van der Waals surface area (Å²) in [7, 11) is -3.06. The minimum atomic E-state index is -3.06. The zero-order chi connectivity index (χ0) is 10.9. The van der Waals surface area contributed by atoms with Crippen molar-refractivity contribution in [2.45, 2.75) is 38.5 Å². The molecule has 1 rings (SSSR count). The molecule has 0 spiro atoms. The predicted molar refractivity (Wildman–Crippen MR) is 52.6 cm³/mol. The number of hydrogen-bond donors (Lipinski definition) is 0. The van der Waals surface area contributed by atoms with Crippen LogP contribution in [0.25, 0.3) is 0 Å². The highest BCUT2D eigenvalue weighted by Crippen LogP contribution is 2.29. The fourth-order valence-electron chi connectivity index (χ4n) is 2.00. The Hall–Kier alpha value is -0.580. The summed E-state index contributed by atoms with van der Waals surface area (Å²) in [6.07, 6.45) is -0.0115. The molecule has 0 amide bonds. The van der Waals surface area contributed by atoms with Gasteiger partial charge in [0.25, 0.3) is 0 Å². The van der Waals surface area contributed by atoms with Crippen LogP contribution in [0.1, 0.15) is 27.2 Å². The SMILES string of the molecule is CC(=O)OC1CCS(=O)(=O)C1C(C)C. The van der Waals surface area contributed by atoms with Gasteiger partial charge in [-0.1, -0.05) is 13.8 Å². The smallest absolute Gasteiger partial charge is 0.302 e. The molecule has 1 aliphatic rings. The number of hydrogen-bond acceptors (Lipinski definition) is 4. The topological polar surface area (TPSA) is 60.4 Å². The van der Waals surface area contributed by atoms with E-state index in [1.54, 1.807) is 0 Å². The van der Waals surface area contributed by atoms with Crippen molar-refractivity contribution >= 4 is 15.8 Å². The fraction of sp³-hybridized carbons (Fsp3) is 0.889. The molecule has 0 saturated carbocycles. The van der Waals surface area contributed by atoms with Crippen molar-refractivity contribution in [3.8, 4) is 0 Å². The van der Waals surface area contributed by atoms with Crippen molar-refractivity contribution in [2.75, 3.05) is 5.75 Å². The summed E-state index contributed by atoms with van der Waals surface area (Å²) >= 11 is 0. The van der Waals surface area contributed by atoms with E-state index in [0.29, 0.717) is 6.42 Å². The number of rotatable bonds is 2. The average Bonchev–Trinajstić information content (AvgIpc) is 2.24. The minimum absolute atomic E-state index is 0.00755. The second kappa shape index (κ2) is 3.88. The molecule has 1 saturated heterocycles. The minimum Gasteiger partial charge on any atom is -0.461 e. The monoisotopic (exact) mass is 220 g/mol. The van der Waals surface area contributed by atoms with Gasteiger partial charge in [0.2, 0.25) is 0 Å². The molecule has 0 aromatic heterocycles. The Balaban J connectivity index is 2.85. The first-order chi connectivity index (χ1) is 6.34. The third-order valence-corrected chi connectivity index (χ3v) is 4.92. The average molecular weight is 220 g/mol. The van der Waals surface area contributed by atoms with Gasteiger partial charge in [0.1, 0.15) is 11.4 Å². The van der Waals surface area contributed by atoms with Crippen LogP contribution in [0.4, 0.5) is 0 Å². The lowest BCUT2D eigenvalue weighted by atomic mass is 10.0. The fourth-order valence-corrected chi connectivity index (χ4v) is 4.31. The molecule has 1 fully saturated rings. The van der Waals surface area contributed by atoms with Gasteiger partial charge in [-0.2, -0.15) is 0 Å². The lowest BCUT2D eigenvalue weighted by Crippen LogP contribution is -2.34. The van der Waals surface area contributed by atoms with Gasteiger partial charge in [-0.25, -0.2) is 8.42 Å². The summed E-state index contributed by atoms with van der Waals surface area (Å²) in [5.74, 6) is -0.280. The predicted octanol–water partition coefficient (Wildman–Crippen LogP) is 0.761. The maximum atomic E-state index is 11.6. The Labute approximate surface area is 84.6 Å². The molecule has 0 radical (unpaired) electrons. The molecular formula is C9H16O4S. The summed E-state index contributed by atoms with van der Waals surface area (Å²) in [5.41, 5.74) is 0. The van der Waals surface area contributed by atoms with E-state index in [1.807, 2.05) is 13.8 Å². The Morgan fingerprint density at radius 3 is 2.43 bits per heavy atom. The van der Waals surface area contributed by atoms with E-state index in [1.165, 1.54) is 6.92 Å². The highest BCUT2D eigenvalue weighted by molar-refractivity contribution is 7.92. The first-order valence-electron chi connectivity index (χ1n) is 4.73. The lowest BCUT2D eigenvalue weighted by molar-refractivity contribution is -0.146. The highest BCUT2D eigenvalue weighted by Gasteiger charge is 2.43. The summed E-state index contributed by atoms with van der Waals surface area (Å²) in [4.78, 5) is 10.8. The van der Waals surface area contributed by atoms with E-state index in [0.717, 1.165) is 0 Å². The van der Waals surface area contributed by atoms with E-state index in [9.17, 15) is 13.2 Å². The molecule has 5 heteroatoms. The van der Waals surface area contributed by atoms with Crippen LogP contribution in [0.3, 0.4) is 0 Å². The Morgan fingerprint density at radius 1 is 1.43 bits per heavy atom. The summed E-state index contributed by atoms with van der Waals surface area (Å²) in [5, 5.41) is -0.522. The second-order valence-corrected chi connectivity index (χ2v) is 6.29. The van der Waals surface area contributed by atoms with E-state index >= 15 is 0 Å². The zero-order valence-electron chi connectivity index (χ0n) is 8.69. The van der Waals surface area contributed by atoms with Crippen molar-refractivity contribution in [2.24, 2.45) is 5.92 Å². The molecule has 2 unspecified atom stereocenters. The van der Waals surface area contributed by atoms with Crippen molar-refractivity contribution < 1.29 is 17.9 Å². The standard InChI is InChI=1S/C9H16O4S/c1-6(2)9-8(13-7(3)10)4-5-14(9,11)12/h6,8-9H,4-5H2,1-3H3. The second-order valence-electron chi connectivity index (χ2n) is 4.01. The van der Waals surface area contributed by atoms with Crippen LogP contribution in [-0.4, -0.2) is 31.5 Å². The Bertz CT molecular complexity index is 318. The molecule has 0 aromatic rings. The van der Waals surface area contributed by atoms with Gasteiger partial charge >= 0.3 is 5.97 Å². The molecule has 2 atom stereocenters. The molecule has 0 bridgehead atoms. The van der Waals surface area contributed by atoms with Crippen molar-refractivity contribution in [3.63, 3.8) is 0 Å². The van der Waals surface area contributed by atoms with E-state index in [-0.39, 0.29) is 11.7 Å². The van der Waals surface area contributed by atoms with Gasteiger partial charge < -0.3 is 4.74 Å². The van der Waals surface area contributed by atoms with Crippen LogP contribution < -0.4 is 0 Å². The third kappa shape index (κ3) is 2.26. The van der Waals surface area contributed by atoms with Crippen LogP contribution in [0.15, 0.2) is 0 Å². The van der Waals surface area contributed by atoms with Crippen LogP contribution in [0.5, 0.6) is 0 Å². The molecule has 1 aliphatic heterocycles. The Morgan fingerprint density at radius 2 is 2.00 bits per heavy atom. The van der Waals surface area contributed by atoms with Crippen molar-refractivity contribution in [3.05, 3.63) is 0 Å². The largest absolute Gasteiger partial charge is 0.461 e. The molecule has 1 heterocycles. The van der Waals surface area contributed by atoms with Gasteiger partial charge in [-0.05, 0) is 12.3 Å². The van der Waals surface area contributed by atoms with Gasteiger partial charge in [-0.3, -0.25) is 4.79 Å². The van der Waals surface area contributed by atoms with Gasteiger partial charge in [0.05, 0.1) is 5.75 Å². The third-order valence-electron chi connectivity index (χ3n) is 2.44. The molecule has 0 aliphatic carbocycles. The molecule has 82 valence electrons. The quantitative estimate of drug-likeness (QED) is 0.645. The maximum Gasteiger partial charge on any atom is 0.302 e. The Kier molecular flexibility index (Phi) is 3.19. The normalized spacial score (nSPS) is 30.6. The summed E-state index contributed by atoms with van der Waals surface area (Å²) in [6.45, 7) is 4.98. The number of carbonyl (C=O) groups is 1. The molecule has 4 nitrogen and oxygen atoms in total. The lowest BCUT2D eigenvalue weighted by Gasteiger charge is -2.21. The van der Waals surface area contributed by atoms with Crippen LogP contribution in [0.2, 0.25) is 0 Å². The van der Waals surface area contributed by atoms with E-state index in [4.69, 9.17) is 4.74 Å². The van der Waals surface area contributed by atoms with Gasteiger partial charge in [0.15, 0.2) is 9.84 Å². The zero-order valence-corrected chi connectivity index (χ0v) is 9.50. The van der Waals surface area contributed by atoms with E-state index < -0.39 is 27.2 Å². The highest BCUT2D eigenvalue weighted by atomic mass is 32.2. The summed E-state index contributed by atoms with van der Waals surface area (Å²) < 4.78 is 28.2. The van der Waals surface area contributed by atoms with Crippen LogP contribution in [0, 0.1) is 5.92 Å². The number of ether oxygens (including phenoxy) is 1. The van der Waals surface area contributed by atoms with Gasteiger partial charge in [-0.15, -0.1) is 0 Å². The van der Waals surface area contributed by atoms with Gasteiger partial charge in [0, 0.05) is 6.92 Å².